The summed E-state index contributed by atoms with van der Waals surface area (Å²) in [4.78, 5) is -0.0150. The maximum atomic E-state index is 12.2. The van der Waals surface area contributed by atoms with Crippen molar-refractivity contribution in [2.24, 2.45) is 0 Å². The summed E-state index contributed by atoms with van der Waals surface area (Å²) in [6.07, 6.45) is 1.27. The van der Waals surface area contributed by atoms with E-state index in [0.29, 0.717) is 5.75 Å². The van der Waals surface area contributed by atoms with Crippen LogP contribution in [0.1, 0.15) is 0 Å². The van der Waals surface area contributed by atoms with Crippen molar-refractivity contribution in [3.8, 4) is 11.5 Å². The number of aromatic nitrogens is 1. The highest BCUT2D eigenvalue weighted by molar-refractivity contribution is 7.92. The van der Waals surface area contributed by atoms with Crippen molar-refractivity contribution in [2.75, 3.05) is 18.9 Å². The quantitative estimate of drug-likeness (QED) is 0.894. The fourth-order valence-corrected chi connectivity index (χ4v) is 2.60. The first-order valence-electron chi connectivity index (χ1n) is 5.22. The standard InChI is InChI=1S/C11H12N2O5S/c1-16-8-3-4-10(9(7-8)17-2)19(14,15)13-11-5-6-18-12-11/h3-7H,1-2H3,(H,12,13). The monoisotopic (exact) mass is 284 g/mol. The topological polar surface area (TPSA) is 90.7 Å². The Morgan fingerprint density at radius 3 is 2.58 bits per heavy atom. The van der Waals surface area contributed by atoms with E-state index in [1.165, 1.54) is 44.7 Å². The van der Waals surface area contributed by atoms with E-state index in [-0.39, 0.29) is 16.5 Å². The third-order valence-corrected chi connectivity index (χ3v) is 3.73. The third-order valence-electron chi connectivity index (χ3n) is 2.34. The average molecular weight is 284 g/mol. The molecule has 0 unspecified atom stereocenters. The van der Waals surface area contributed by atoms with Crippen LogP contribution >= 0.6 is 0 Å². The van der Waals surface area contributed by atoms with Gasteiger partial charge in [0.15, 0.2) is 5.82 Å². The predicted molar refractivity (Wildman–Crippen MR) is 66.9 cm³/mol. The number of nitrogens with zero attached hydrogens (tertiary/aromatic N) is 1. The molecule has 2 aromatic rings. The summed E-state index contributed by atoms with van der Waals surface area (Å²) in [6.45, 7) is 0. The minimum absolute atomic E-state index is 0.0150. The Kier molecular flexibility index (Phi) is 3.61. The van der Waals surface area contributed by atoms with Crippen LogP contribution in [0, 0.1) is 0 Å². The molecule has 0 aliphatic rings. The summed E-state index contributed by atoms with van der Waals surface area (Å²) >= 11 is 0. The number of hydrogen-bond donors (Lipinski definition) is 1. The van der Waals surface area contributed by atoms with Crippen molar-refractivity contribution in [3.63, 3.8) is 0 Å². The normalized spacial score (nSPS) is 11.1. The van der Waals surface area contributed by atoms with E-state index >= 15 is 0 Å². The van der Waals surface area contributed by atoms with Crippen molar-refractivity contribution < 1.29 is 22.4 Å². The summed E-state index contributed by atoms with van der Waals surface area (Å²) in [5.41, 5.74) is 0. The first kappa shape index (κ1) is 13.2. The van der Waals surface area contributed by atoms with Crippen LogP contribution in [0.3, 0.4) is 0 Å². The van der Waals surface area contributed by atoms with Gasteiger partial charge in [-0.15, -0.1) is 0 Å². The molecule has 0 saturated carbocycles. The summed E-state index contributed by atoms with van der Waals surface area (Å²) in [6, 6.07) is 5.80. The molecule has 0 fully saturated rings. The lowest BCUT2D eigenvalue weighted by molar-refractivity contribution is 0.386. The van der Waals surface area contributed by atoms with E-state index in [4.69, 9.17) is 9.47 Å². The zero-order valence-electron chi connectivity index (χ0n) is 10.3. The maximum Gasteiger partial charge on any atom is 0.266 e. The van der Waals surface area contributed by atoms with E-state index in [0.717, 1.165) is 0 Å². The lowest BCUT2D eigenvalue weighted by atomic mass is 10.3. The molecule has 19 heavy (non-hydrogen) atoms. The van der Waals surface area contributed by atoms with E-state index in [1.54, 1.807) is 0 Å². The van der Waals surface area contributed by atoms with Gasteiger partial charge in [0.1, 0.15) is 22.7 Å². The van der Waals surface area contributed by atoms with Crippen LogP contribution < -0.4 is 14.2 Å². The van der Waals surface area contributed by atoms with Gasteiger partial charge in [-0.3, -0.25) is 4.72 Å². The fourth-order valence-electron chi connectivity index (χ4n) is 1.45. The molecule has 1 aromatic heterocycles. The molecule has 2 rings (SSSR count). The van der Waals surface area contributed by atoms with Crippen LogP contribution in [-0.4, -0.2) is 27.8 Å². The van der Waals surface area contributed by atoms with Gasteiger partial charge in [0.2, 0.25) is 0 Å². The number of anilines is 1. The molecule has 0 aliphatic carbocycles. The molecule has 0 saturated heterocycles. The Morgan fingerprint density at radius 2 is 2.00 bits per heavy atom. The lowest BCUT2D eigenvalue weighted by Crippen LogP contribution is -2.14. The molecule has 7 nitrogen and oxygen atoms in total. The lowest BCUT2D eigenvalue weighted by Gasteiger charge is -2.11. The SMILES string of the molecule is COc1ccc(S(=O)(=O)Nc2ccon2)c(OC)c1. The molecule has 0 aliphatic heterocycles. The van der Waals surface area contributed by atoms with E-state index in [1.807, 2.05) is 0 Å². The highest BCUT2D eigenvalue weighted by atomic mass is 32.2. The van der Waals surface area contributed by atoms with Gasteiger partial charge in [-0.2, -0.15) is 0 Å². The Balaban J connectivity index is 2.40. The Bertz CT molecular complexity index is 652. The van der Waals surface area contributed by atoms with Crippen molar-refractivity contribution in [2.45, 2.75) is 4.90 Å². The number of benzene rings is 1. The van der Waals surface area contributed by atoms with Gasteiger partial charge in [0, 0.05) is 12.1 Å². The van der Waals surface area contributed by atoms with E-state index in [9.17, 15) is 8.42 Å². The largest absolute Gasteiger partial charge is 0.497 e. The van der Waals surface area contributed by atoms with Gasteiger partial charge in [-0.25, -0.2) is 8.42 Å². The van der Waals surface area contributed by atoms with Crippen molar-refractivity contribution in [1.82, 2.24) is 5.16 Å². The summed E-state index contributed by atoms with van der Waals surface area (Å²) in [5.74, 6) is 0.769. The second kappa shape index (κ2) is 5.19. The number of nitrogens with one attached hydrogen (secondary N) is 1. The van der Waals surface area contributed by atoms with E-state index < -0.39 is 10.0 Å². The number of sulfonamides is 1. The highest BCUT2D eigenvalue weighted by Gasteiger charge is 2.21. The molecule has 102 valence electrons. The van der Waals surface area contributed by atoms with Crippen LogP contribution in [0.25, 0.3) is 0 Å². The zero-order valence-corrected chi connectivity index (χ0v) is 11.1. The first-order chi connectivity index (χ1) is 9.06. The van der Waals surface area contributed by atoms with Crippen molar-refractivity contribution in [3.05, 3.63) is 30.5 Å². The molecule has 0 atom stereocenters. The third kappa shape index (κ3) is 2.79. The fraction of sp³-hybridized carbons (Fsp3) is 0.182. The molecule has 1 N–H and O–H groups in total. The Morgan fingerprint density at radius 1 is 1.21 bits per heavy atom. The number of ether oxygens (including phenoxy) is 2. The highest BCUT2D eigenvalue weighted by Crippen LogP contribution is 2.29. The van der Waals surface area contributed by atoms with Gasteiger partial charge in [-0.1, -0.05) is 5.16 Å². The van der Waals surface area contributed by atoms with Crippen LogP contribution in [0.2, 0.25) is 0 Å². The number of methoxy groups -OCH3 is 2. The average Bonchev–Trinajstić information content (AvgIpc) is 2.89. The van der Waals surface area contributed by atoms with Gasteiger partial charge in [-0.05, 0) is 12.1 Å². The molecule has 0 amide bonds. The molecule has 8 heteroatoms. The second-order valence-corrected chi connectivity index (χ2v) is 5.16. The van der Waals surface area contributed by atoms with Gasteiger partial charge >= 0.3 is 0 Å². The Labute approximate surface area is 110 Å². The summed E-state index contributed by atoms with van der Waals surface area (Å²) in [5, 5.41) is 3.49. The van der Waals surface area contributed by atoms with Crippen molar-refractivity contribution in [1.29, 1.82) is 0 Å². The van der Waals surface area contributed by atoms with Gasteiger partial charge in [0.25, 0.3) is 10.0 Å². The number of hydrogen-bond acceptors (Lipinski definition) is 6. The van der Waals surface area contributed by atoms with Gasteiger partial charge in [0.05, 0.1) is 14.2 Å². The molecular weight excluding hydrogens is 272 g/mol. The van der Waals surface area contributed by atoms with Crippen LogP contribution in [-0.2, 0) is 10.0 Å². The Hall–Kier alpha value is -2.22. The van der Waals surface area contributed by atoms with Gasteiger partial charge < -0.3 is 14.0 Å². The molecule has 1 heterocycles. The summed E-state index contributed by atoms with van der Waals surface area (Å²) in [7, 11) is -0.942. The van der Waals surface area contributed by atoms with Crippen LogP contribution in [0.4, 0.5) is 5.82 Å². The minimum atomic E-state index is -3.80. The second-order valence-electron chi connectivity index (χ2n) is 3.51. The minimum Gasteiger partial charge on any atom is -0.497 e. The molecular formula is C11H12N2O5S. The first-order valence-corrected chi connectivity index (χ1v) is 6.70. The maximum absolute atomic E-state index is 12.2. The molecule has 0 radical (unpaired) electrons. The molecule has 0 spiro atoms. The number of rotatable bonds is 5. The van der Waals surface area contributed by atoms with E-state index in [2.05, 4.69) is 14.4 Å². The van der Waals surface area contributed by atoms with Crippen LogP contribution in [0.5, 0.6) is 11.5 Å². The summed E-state index contributed by atoms with van der Waals surface area (Å²) < 4.78 is 41.2. The zero-order chi connectivity index (χ0) is 13.9. The predicted octanol–water partition coefficient (Wildman–Crippen LogP) is 1.49. The van der Waals surface area contributed by atoms with Crippen molar-refractivity contribution >= 4 is 15.8 Å². The van der Waals surface area contributed by atoms with Crippen LogP contribution in [0.15, 0.2) is 39.9 Å². The smallest absolute Gasteiger partial charge is 0.266 e. The molecule has 1 aromatic carbocycles. The molecule has 0 bridgehead atoms.